The molecule has 0 bridgehead atoms. The Kier molecular flexibility index (Phi) is 5.76. The molecule has 1 saturated carbocycles. The highest BCUT2D eigenvalue weighted by atomic mass is 16.6. The minimum absolute atomic E-state index is 0.00184. The molecule has 1 aliphatic rings. The summed E-state index contributed by atoms with van der Waals surface area (Å²) in [6.45, 7) is 7.28. The summed E-state index contributed by atoms with van der Waals surface area (Å²) in [5, 5.41) is 7.30. The van der Waals surface area contributed by atoms with Gasteiger partial charge in [-0.1, -0.05) is 6.92 Å². The van der Waals surface area contributed by atoms with Gasteiger partial charge in [0.15, 0.2) is 0 Å². The van der Waals surface area contributed by atoms with Crippen molar-refractivity contribution < 1.29 is 19.1 Å². The van der Waals surface area contributed by atoms with Crippen molar-refractivity contribution in [2.75, 3.05) is 5.32 Å². The van der Waals surface area contributed by atoms with E-state index >= 15 is 0 Å². The number of nitrogens with zero attached hydrogens (tertiary/aromatic N) is 4. The molecule has 3 rings (SSSR count). The lowest BCUT2D eigenvalue weighted by Crippen LogP contribution is -2.27. The maximum atomic E-state index is 12.9. The molecule has 1 fully saturated rings. The molecule has 29 heavy (non-hydrogen) atoms. The minimum Gasteiger partial charge on any atom is -0.442 e. The summed E-state index contributed by atoms with van der Waals surface area (Å²) in [4.78, 5) is 44.4. The molecule has 0 amide bonds. The van der Waals surface area contributed by atoms with Gasteiger partial charge in [0.1, 0.15) is 29.7 Å². The SMILES string of the molecule is CC1CC(Nc2ncncc2C(=O)c2ccn(C(=O)OC(C)(C)C)n2)CC1C=O. The van der Waals surface area contributed by atoms with Gasteiger partial charge in [0, 0.05) is 24.4 Å². The Hall–Kier alpha value is -3.10. The zero-order chi connectivity index (χ0) is 21.2. The Balaban J connectivity index is 1.77. The van der Waals surface area contributed by atoms with E-state index in [4.69, 9.17) is 4.74 Å². The van der Waals surface area contributed by atoms with E-state index in [0.29, 0.717) is 12.2 Å². The van der Waals surface area contributed by atoms with Crippen LogP contribution in [0.4, 0.5) is 10.6 Å². The molecule has 0 aromatic carbocycles. The number of aldehydes is 1. The van der Waals surface area contributed by atoms with Crippen LogP contribution in [0.2, 0.25) is 0 Å². The molecule has 1 N–H and O–H groups in total. The van der Waals surface area contributed by atoms with E-state index in [2.05, 4.69) is 20.4 Å². The second-order valence-electron chi connectivity index (χ2n) is 8.33. The van der Waals surface area contributed by atoms with E-state index in [-0.39, 0.29) is 29.1 Å². The molecule has 0 spiro atoms. The molecule has 2 aromatic heterocycles. The van der Waals surface area contributed by atoms with Crippen molar-refractivity contribution in [1.82, 2.24) is 19.7 Å². The number of hydrogen-bond acceptors (Lipinski definition) is 8. The third-order valence-electron chi connectivity index (χ3n) is 4.82. The number of rotatable bonds is 5. The number of ether oxygens (including phenoxy) is 1. The zero-order valence-electron chi connectivity index (χ0n) is 17.0. The van der Waals surface area contributed by atoms with Crippen LogP contribution < -0.4 is 5.32 Å². The lowest BCUT2D eigenvalue weighted by molar-refractivity contribution is -0.111. The van der Waals surface area contributed by atoms with Crippen LogP contribution in [-0.2, 0) is 9.53 Å². The van der Waals surface area contributed by atoms with Crippen LogP contribution in [0.15, 0.2) is 24.8 Å². The van der Waals surface area contributed by atoms with Crippen LogP contribution in [0.3, 0.4) is 0 Å². The van der Waals surface area contributed by atoms with Crippen LogP contribution >= 0.6 is 0 Å². The van der Waals surface area contributed by atoms with Crippen molar-refractivity contribution in [3.05, 3.63) is 36.0 Å². The fourth-order valence-electron chi connectivity index (χ4n) is 3.39. The van der Waals surface area contributed by atoms with E-state index in [1.807, 2.05) is 6.92 Å². The van der Waals surface area contributed by atoms with Gasteiger partial charge in [-0.2, -0.15) is 9.78 Å². The predicted molar refractivity (Wildman–Crippen MR) is 105 cm³/mol. The second-order valence-corrected chi connectivity index (χ2v) is 8.33. The number of hydrogen-bond donors (Lipinski definition) is 1. The Morgan fingerprint density at radius 2 is 2.07 bits per heavy atom. The van der Waals surface area contributed by atoms with Crippen LogP contribution in [0.25, 0.3) is 0 Å². The zero-order valence-corrected chi connectivity index (χ0v) is 17.0. The van der Waals surface area contributed by atoms with Crippen molar-refractivity contribution in [3.63, 3.8) is 0 Å². The second kappa shape index (κ2) is 8.10. The maximum absolute atomic E-state index is 12.9. The third kappa shape index (κ3) is 4.85. The van der Waals surface area contributed by atoms with Crippen molar-refractivity contribution in [2.24, 2.45) is 11.8 Å². The Bertz CT molecular complexity index is 918. The van der Waals surface area contributed by atoms with Gasteiger partial charge < -0.3 is 14.8 Å². The van der Waals surface area contributed by atoms with Crippen LogP contribution in [0.1, 0.15) is 56.6 Å². The standard InChI is InChI=1S/C20H25N5O4/c1-12-7-14(8-13(12)10-26)23-18-15(9-21-11-22-18)17(27)16-5-6-25(24-16)19(28)29-20(2,3)4/h5-6,9-14H,7-8H2,1-4H3,(H,21,22,23). The summed E-state index contributed by atoms with van der Waals surface area (Å²) >= 11 is 0. The Morgan fingerprint density at radius 1 is 1.31 bits per heavy atom. The topological polar surface area (TPSA) is 116 Å². The lowest BCUT2D eigenvalue weighted by Gasteiger charge is -2.18. The molecular formula is C20H25N5O4. The number of carbonyl (C=O) groups excluding carboxylic acids is 3. The fourth-order valence-corrected chi connectivity index (χ4v) is 3.39. The van der Waals surface area contributed by atoms with Gasteiger partial charge in [-0.25, -0.2) is 14.8 Å². The quantitative estimate of drug-likeness (QED) is 0.603. The number of ketones is 1. The number of carbonyl (C=O) groups is 3. The van der Waals surface area contributed by atoms with Crippen molar-refractivity contribution in [3.8, 4) is 0 Å². The number of aromatic nitrogens is 4. The predicted octanol–water partition coefficient (Wildman–Crippen LogP) is 2.71. The Morgan fingerprint density at radius 3 is 2.72 bits per heavy atom. The molecule has 0 aliphatic heterocycles. The van der Waals surface area contributed by atoms with Gasteiger partial charge in [0.25, 0.3) is 0 Å². The van der Waals surface area contributed by atoms with Crippen molar-refractivity contribution in [2.45, 2.75) is 52.2 Å². The molecule has 0 saturated heterocycles. The number of nitrogens with one attached hydrogen (secondary N) is 1. The maximum Gasteiger partial charge on any atom is 0.435 e. The summed E-state index contributed by atoms with van der Waals surface area (Å²) in [6.07, 6.45) is 5.98. The van der Waals surface area contributed by atoms with Gasteiger partial charge in [-0.15, -0.1) is 0 Å². The van der Waals surface area contributed by atoms with E-state index in [0.717, 1.165) is 17.4 Å². The average molecular weight is 399 g/mol. The van der Waals surface area contributed by atoms with E-state index < -0.39 is 17.5 Å². The highest BCUT2D eigenvalue weighted by Gasteiger charge is 2.32. The molecule has 2 heterocycles. The Labute approximate surface area is 168 Å². The summed E-state index contributed by atoms with van der Waals surface area (Å²) < 4.78 is 6.24. The molecule has 9 nitrogen and oxygen atoms in total. The van der Waals surface area contributed by atoms with Crippen molar-refractivity contribution >= 4 is 24.0 Å². The monoisotopic (exact) mass is 399 g/mol. The van der Waals surface area contributed by atoms with Crippen molar-refractivity contribution in [1.29, 1.82) is 0 Å². The summed E-state index contributed by atoms with van der Waals surface area (Å²) in [5.41, 5.74) is -0.335. The van der Waals surface area contributed by atoms with E-state index in [1.165, 1.54) is 24.8 Å². The average Bonchev–Trinajstić information content (AvgIpc) is 3.27. The highest BCUT2D eigenvalue weighted by Crippen LogP contribution is 2.32. The molecule has 3 unspecified atom stereocenters. The minimum atomic E-state index is -0.671. The van der Waals surface area contributed by atoms with E-state index in [1.54, 1.807) is 20.8 Å². The van der Waals surface area contributed by atoms with Crippen LogP contribution in [0, 0.1) is 11.8 Å². The van der Waals surface area contributed by atoms with Gasteiger partial charge in [0.05, 0.1) is 5.56 Å². The normalized spacial score (nSPS) is 21.6. The molecular weight excluding hydrogens is 374 g/mol. The smallest absolute Gasteiger partial charge is 0.435 e. The molecule has 154 valence electrons. The van der Waals surface area contributed by atoms with Gasteiger partial charge in [-0.3, -0.25) is 4.79 Å². The lowest BCUT2D eigenvalue weighted by atomic mass is 10.0. The molecule has 1 aliphatic carbocycles. The first-order valence-electron chi connectivity index (χ1n) is 9.53. The highest BCUT2D eigenvalue weighted by molar-refractivity contribution is 6.10. The fraction of sp³-hybridized carbons (Fsp3) is 0.500. The largest absolute Gasteiger partial charge is 0.442 e. The summed E-state index contributed by atoms with van der Waals surface area (Å²) in [5.74, 6) is 0.252. The number of anilines is 1. The van der Waals surface area contributed by atoms with Gasteiger partial charge in [-0.05, 0) is 45.6 Å². The van der Waals surface area contributed by atoms with Gasteiger partial charge in [0.2, 0.25) is 5.78 Å². The third-order valence-corrected chi connectivity index (χ3v) is 4.82. The molecule has 2 aromatic rings. The summed E-state index contributed by atoms with van der Waals surface area (Å²) in [7, 11) is 0. The van der Waals surface area contributed by atoms with Crippen LogP contribution in [-0.4, -0.2) is 49.6 Å². The molecule has 0 radical (unpaired) electrons. The summed E-state index contributed by atoms with van der Waals surface area (Å²) in [6, 6.07) is 1.49. The van der Waals surface area contributed by atoms with Crippen LogP contribution in [0.5, 0.6) is 0 Å². The first kappa shape index (κ1) is 20.6. The van der Waals surface area contributed by atoms with E-state index in [9.17, 15) is 14.4 Å². The van der Waals surface area contributed by atoms with Gasteiger partial charge >= 0.3 is 6.09 Å². The molecule has 3 atom stereocenters. The first-order valence-corrected chi connectivity index (χ1v) is 9.53. The molecule has 9 heteroatoms. The first-order chi connectivity index (χ1) is 13.7.